The number of amides is 1. The first-order chi connectivity index (χ1) is 10.1. The second-order valence-corrected chi connectivity index (χ2v) is 5.87. The Morgan fingerprint density at radius 1 is 1.43 bits per heavy atom. The van der Waals surface area contributed by atoms with E-state index < -0.39 is 5.97 Å². The van der Waals surface area contributed by atoms with Crippen LogP contribution in [0.2, 0.25) is 0 Å². The molecule has 1 amide bonds. The Bertz CT molecular complexity index is 509. The summed E-state index contributed by atoms with van der Waals surface area (Å²) in [6, 6.07) is 1.78. The maximum Gasteiger partial charge on any atom is 0.340 e. The van der Waals surface area contributed by atoms with E-state index in [4.69, 9.17) is 9.47 Å². The monoisotopic (exact) mass is 312 g/mol. The molecule has 0 saturated carbocycles. The number of methoxy groups -OCH3 is 1. The molecule has 1 aromatic heterocycles. The molecule has 116 valence electrons. The standard InChI is InChI=1S/C14H20N2O4S/c1-3-10-8-11(14(18)19-2)13(21-10)15-12(17)9-16-4-6-20-7-5-16/h8H,3-7,9H2,1-2H3,(H,15,17). The van der Waals surface area contributed by atoms with E-state index in [0.29, 0.717) is 30.3 Å². The highest BCUT2D eigenvalue weighted by Crippen LogP contribution is 2.29. The summed E-state index contributed by atoms with van der Waals surface area (Å²) in [5.74, 6) is -0.542. The molecule has 0 bridgehead atoms. The van der Waals surface area contributed by atoms with E-state index in [1.54, 1.807) is 6.07 Å². The minimum atomic E-state index is -0.423. The number of anilines is 1. The average Bonchev–Trinajstić information content (AvgIpc) is 2.90. The van der Waals surface area contributed by atoms with Gasteiger partial charge in [0.25, 0.3) is 0 Å². The zero-order valence-corrected chi connectivity index (χ0v) is 13.1. The first kappa shape index (κ1) is 15.9. The quantitative estimate of drug-likeness (QED) is 0.832. The van der Waals surface area contributed by atoms with E-state index in [2.05, 4.69) is 5.32 Å². The Morgan fingerprint density at radius 3 is 2.76 bits per heavy atom. The van der Waals surface area contributed by atoms with Crippen molar-refractivity contribution in [1.29, 1.82) is 0 Å². The molecule has 0 aliphatic carbocycles. The number of nitrogens with one attached hydrogen (secondary N) is 1. The van der Waals surface area contributed by atoms with Crippen LogP contribution in [0.15, 0.2) is 6.07 Å². The average molecular weight is 312 g/mol. The van der Waals surface area contributed by atoms with Crippen molar-refractivity contribution >= 4 is 28.2 Å². The van der Waals surface area contributed by atoms with Gasteiger partial charge in [-0.2, -0.15) is 0 Å². The minimum absolute atomic E-state index is 0.119. The summed E-state index contributed by atoms with van der Waals surface area (Å²) in [6.07, 6.45) is 0.813. The van der Waals surface area contributed by atoms with Crippen molar-refractivity contribution in [2.75, 3.05) is 45.3 Å². The Balaban J connectivity index is 2.01. The zero-order valence-electron chi connectivity index (χ0n) is 12.3. The summed E-state index contributed by atoms with van der Waals surface area (Å²) in [5.41, 5.74) is 0.426. The van der Waals surface area contributed by atoms with Gasteiger partial charge in [0.15, 0.2) is 0 Å². The highest BCUT2D eigenvalue weighted by Gasteiger charge is 2.20. The molecule has 0 unspecified atom stereocenters. The number of carbonyl (C=O) groups excluding carboxylic acids is 2. The van der Waals surface area contributed by atoms with Crippen molar-refractivity contribution < 1.29 is 19.1 Å². The highest BCUT2D eigenvalue weighted by atomic mass is 32.1. The van der Waals surface area contributed by atoms with Crippen molar-refractivity contribution in [3.05, 3.63) is 16.5 Å². The van der Waals surface area contributed by atoms with Crippen LogP contribution in [0, 0.1) is 0 Å². The van der Waals surface area contributed by atoms with Crippen LogP contribution in [0.4, 0.5) is 5.00 Å². The SMILES string of the molecule is CCc1cc(C(=O)OC)c(NC(=O)CN2CCOCC2)s1. The van der Waals surface area contributed by atoms with E-state index in [0.717, 1.165) is 24.4 Å². The molecular formula is C14H20N2O4S. The van der Waals surface area contributed by atoms with E-state index in [9.17, 15) is 9.59 Å². The molecule has 1 saturated heterocycles. The summed E-state index contributed by atoms with van der Waals surface area (Å²) < 4.78 is 10.0. The van der Waals surface area contributed by atoms with Crippen LogP contribution in [0.1, 0.15) is 22.2 Å². The third-order valence-corrected chi connectivity index (χ3v) is 4.46. The van der Waals surface area contributed by atoms with Crippen LogP contribution in [0.25, 0.3) is 0 Å². The number of hydrogen-bond donors (Lipinski definition) is 1. The first-order valence-corrected chi connectivity index (χ1v) is 7.76. The lowest BCUT2D eigenvalue weighted by Crippen LogP contribution is -2.41. The Hall–Kier alpha value is -1.44. The molecule has 1 aromatic rings. The fourth-order valence-electron chi connectivity index (χ4n) is 2.10. The topological polar surface area (TPSA) is 67.9 Å². The number of morpholine rings is 1. The lowest BCUT2D eigenvalue weighted by atomic mass is 10.2. The summed E-state index contributed by atoms with van der Waals surface area (Å²) in [7, 11) is 1.34. The molecule has 2 rings (SSSR count). The molecule has 0 spiro atoms. The number of ether oxygens (including phenoxy) is 2. The molecule has 0 radical (unpaired) electrons. The van der Waals surface area contributed by atoms with Gasteiger partial charge in [-0.1, -0.05) is 6.92 Å². The number of nitrogens with zero attached hydrogens (tertiary/aromatic N) is 1. The fraction of sp³-hybridized carbons (Fsp3) is 0.571. The highest BCUT2D eigenvalue weighted by molar-refractivity contribution is 7.16. The van der Waals surface area contributed by atoms with Gasteiger partial charge in [-0.05, 0) is 12.5 Å². The lowest BCUT2D eigenvalue weighted by Gasteiger charge is -2.25. The largest absolute Gasteiger partial charge is 0.465 e. The van der Waals surface area contributed by atoms with Crippen LogP contribution in [0.3, 0.4) is 0 Å². The molecule has 2 heterocycles. The van der Waals surface area contributed by atoms with Gasteiger partial charge < -0.3 is 14.8 Å². The zero-order chi connectivity index (χ0) is 15.2. The molecule has 1 aliphatic heterocycles. The molecule has 21 heavy (non-hydrogen) atoms. The molecular weight excluding hydrogens is 292 g/mol. The fourth-order valence-corrected chi connectivity index (χ4v) is 3.10. The molecule has 0 aromatic carbocycles. The maximum absolute atomic E-state index is 12.1. The van der Waals surface area contributed by atoms with Gasteiger partial charge in [-0.3, -0.25) is 9.69 Å². The van der Waals surface area contributed by atoms with Crippen LogP contribution >= 0.6 is 11.3 Å². The number of carbonyl (C=O) groups is 2. The third kappa shape index (κ3) is 4.26. The number of aryl methyl sites for hydroxylation is 1. The smallest absolute Gasteiger partial charge is 0.340 e. The number of esters is 1. The van der Waals surface area contributed by atoms with Crippen molar-refractivity contribution in [3.63, 3.8) is 0 Å². The van der Waals surface area contributed by atoms with Gasteiger partial charge >= 0.3 is 5.97 Å². The molecule has 7 heteroatoms. The van der Waals surface area contributed by atoms with Gasteiger partial charge in [0.1, 0.15) is 5.00 Å². The van der Waals surface area contributed by atoms with Gasteiger partial charge in [-0.25, -0.2) is 4.79 Å². The predicted octanol–water partition coefficient (Wildman–Crippen LogP) is 1.37. The van der Waals surface area contributed by atoms with E-state index in [-0.39, 0.29) is 5.91 Å². The Kier molecular flexibility index (Phi) is 5.72. The maximum atomic E-state index is 12.1. The summed E-state index contributed by atoms with van der Waals surface area (Å²) >= 11 is 1.42. The van der Waals surface area contributed by atoms with E-state index in [1.165, 1.54) is 18.4 Å². The third-order valence-electron chi connectivity index (χ3n) is 3.26. The summed E-state index contributed by atoms with van der Waals surface area (Å²) in [5, 5.41) is 3.39. The van der Waals surface area contributed by atoms with Crippen molar-refractivity contribution in [3.8, 4) is 0 Å². The Labute approximate surface area is 128 Å². The first-order valence-electron chi connectivity index (χ1n) is 6.95. The minimum Gasteiger partial charge on any atom is -0.465 e. The number of hydrogen-bond acceptors (Lipinski definition) is 6. The second-order valence-electron chi connectivity index (χ2n) is 4.74. The van der Waals surface area contributed by atoms with Gasteiger partial charge in [0.05, 0.1) is 32.4 Å². The predicted molar refractivity (Wildman–Crippen MR) is 80.9 cm³/mol. The lowest BCUT2D eigenvalue weighted by molar-refractivity contribution is -0.118. The van der Waals surface area contributed by atoms with Crippen LogP contribution in [-0.4, -0.2) is 56.7 Å². The van der Waals surface area contributed by atoms with Crippen molar-refractivity contribution in [2.45, 2.75) is 13.3 Å². The molecule has 1 N–H and O–H groups in total. The van der Waals surface area contributed by atoms with Crippen molar-refractivity contribution in [1.82, 2.24) is 4.90 Å². The van der Waals surface area contributed by atoms with Gasteiger partial charge in [-0.15, -0.1) is 11.3 Å². The number of thiophene rings is 1. The molecule has 0 atom stereocenters. The van der Waals surface area contributed by atoms with E-state index >= 15 is 0 Å². The normalized spacial score (nSPS) is 15.7. The Morgan fingerprint density at radius 2 is 2.14 bits per heavy atom. The van der Waals surface area contributed by atoms with Crippen molar-refractivity contribution in [2.24, 2.45) is 0 Å². The van der Waals surface area contributed by atoms with Crippen LogP contribution in [0.5, 0.6) is 0 Å². The summed E-state index contributed by atoms with van der Waals surface area (Å²) in [6.45, 7) is 5.12. The van der Waals surface area contributed by atoms with Crippen LogP contribution in [-0.2, 0) is 20.7 Å². The number of rotatable bonds is 5. The van der Waals surface area contributed by atoms with E-state index in [1.807, 2.05) is 11.8 Å². The molecule has 6 nitrogen and oxygen atoms in total. The molecule has 1 fully saturated rings. The van der Waals surface area contributed by atoms with Crippen LogP contribution < -0.4 is 5.32 Å². The summed E-state index contributed by atoms with van der Waals surface area (Å²) in [4.78, 5) is 26.9. The second kappa shape index (κ2) is 7.53. The van der Waals surface area contributed by atoms with Gasteiger partial charge in [0, 0.05) is 18.0 Å². The molecule has 1 aliphatic rings. The van der Waals surface area contributed by atoms with Gasteiger partial charge in [0.2, 0.25) is 5.91 Å².